The van der Waals surface area contributed by atoms with Gasteiger partial charge in [0.1, 0.15) is 0 Å². The van der Waals surface area contributed by atoms with Crippen molar-refractivity contribution < 1.29 is 9.53 Å². The summed E-state index contributed by atoms with van der Waals surface area (Å²) in [4.78, 5) is 16.7. The molecule has 0 aliphatic rings. The molecule has 0 aromatic carbocycles. The predicted molar refractivity (Wildman–Crippen MR) is 81.7 cm³/mol. The third kappa shape index (κ3) is 3.77. The van der Waals surface area contributed by atoms with Crippen LogP contribution in [0.15, 0.2) is 32.7 Å². The van der Waals surface area contributed by atoms with Crippen molar-refractivity contribution in [2.24, 2.45) is 0 Å². The highest BCUT2D eigenvalue weighted by Crippen LogP contribution is 2.32. The third-order valence-corrected chi connectivity index (χ3v) is 5.58. The fourth-order valence-corrected chi connectivity index (χ4v) is 3.32. The molecule has 0 aliphatic carbocycles. The molecule has 0 aliphatic heterocycles. The van der Waals surface area contributed by atoms with Crippen LogP contribution in [0.2, 0.25) is 0 Å². The van der Waals surface area contributed by atoms with Crippen LogP contribution in [0.5, 0.6) is 5.88 Å². The number of methoxy groups -OCH3 is 1. The lowest BCUT2D eigenvalue weighted by atomic mass is 10.3. The van der Waals surface area contributed by atoms with Crippen molar-refractivity contribution in [2.75, 3.05) is 7.11 Å². The molecule has 2 aromatic rings. The van der Waals surface area contributed by atoms with Crippen molar-refractivity contribution >= 4 is 49.1 Å². The molecule has 7 heteroatoms. The lowest BCUT2D eigenvalue weighted by Crippen LogP contribution is -2.21. The van der Waals surface area contributed by atoms with Gasteiger partial charge >= 0.3 is 0 Å². The number of carbonyl (C=O) groups excluding carboxylic acids is 1. The molecule has 0 unspecified atom stereocenters. The normalized spacial score (nSPS) is 10.3. The van der Waals surface area contributed by atoms with E-state index in [0.29, 0.717) is 17.3 Å². The van der Waals surface area contributed by atoms with E-state index in [2.05, 4.69) is 42.2 Å². The topological polar surface area (TPSA) is 51.2 Å². The third-order valence-electron chi connectivity index (χ3n) is 2.33. The van der Waals surface area contributed by atoms with Crippen LogP contribution >= 0.6 is 43.2 Å². The molecule has 4 nitrogen and oxygen atoms in total. The highest BCUT2D eigenvalue weighted by Gasteiger charge is 2.11. The van der Waals surface area contributed by atoms with E-state index >= 15 is 0 Å². The van der Waals surface area contributed by atoms with Gasteiger partial charge < -0.3 is 10.1 Å². The second-order valence-electron chi connectivity index (χ2n) is 3.62. The van der Waals surface area contributed by atoms with Crippen LogP contribution in [0.4, 0.5) is 0 Å². The molecule has 0 radical (unpaired) electrons. The summed E-state index contributed by atoms with van der Waals surface area (Å²) < 4.78 is 6.76. The minimum atomic E-state index is -0.104. The smallest absolute Gasteiger partial charge is 0.261 e. The van der Waals surface area contributed by atoms with Gasteiger partial charge in [-0.15, -0.1) is 11.3 Å². The van der Waals surface area contributed by atoms with Gasteiger partial charge in [0, 0.05) is 23.3 Å². The molecule has 0 saturated heterocycles. The van der Waals surface area contributed by atoms with Crippen molar-refractivity contribution in [2.45, 2.75) is 6.54 Å². The Kier molecular flexibility index (Phi) is 4.95. The van der Waals surface area contributed by atoms with Crippen molar-refractivity contribution in [1.82, 2.24) is 10.3 Å². The highest BCUT2D eigenvalue weighted by molar-refractivity contribution is 9.13. The molecule has 0 bridgehead atoms. The first-order chi connectivity index (χ1) is 9.10. The second-order valence-corrected chi connectivity index (χ2v) is 6.85. The number of nitrogens with zero attached hydrogens (tertiary/aromatic N) is 1. The minimum absolute atomic E-state index is 0.104. The van der Waals surface area contributed by atoms with Gasteiger partial charge in [0.05, 0.1) is 15.8 Å². The Hall–Kier alpha value is -0.920. The molecule has 0 spiro atoms. The van der Waals surface area contributed by atoms with E-state index in [1.54, 1.807) is 25.4 Å². The number of thiophene rings is 1. The zero-order valence-electron chi connectivity index (χ0n) is 9.94. The maximum atomic E-state index is 11.9. The van der Waals surface area contributed by atoms with Crippen molar-refractivity contribution in [3.63, 3.8) is 0 Å². The Morgan fingerprint density at radius 3 is 2.79 bits per heavy atom. The van der Waals surface area contributed by atoms with Crippen molar-refractivity contribution in [1.29, 1.82) is 0 Å². The standard InChI is InChI=1S/C12H10Br2N2O2S/c1-18-10-3-2-7(5-15-10)6-16-12(17)9-4-8(13)11(14)19-9/h2-5H,6H2,1H3,(H,16,17). The van der Waals surface area contributed by atoms with Gasteiger partial charge in [0.2, 0.25) is 5.88 Å². The summed E-state index contributed by atoms with van der Waals surface area (Å²) in [6.07, 6.45) is 1.68. The first kappa shape index (κ1) is 14.5. The van der Waals surface area contributed by atoms with E-state index < -0.39 is 0 Å². The zero-order valence-corrected chi connectivity index (χ0v) is 13.9. The van der Waals surface area contributed by atoms with Crippen LogP contribution in [0, 0.1) is 0 Å². The Morgan fingerprint density at radius 1 is 1.47 bits per heavy atom. The average Bonchev–Trinajstić information content (AvgIpc) is 2.77. The van der Waals surface area contributed by atoms with Crippen LogP contribution in [0.1, 0.15) is 15.2 Å². The summed E-state index contributed by atoms with van der Waals surface area (Å²) in [6.45, 7) is 0.433. The van der Waals surface area contributed by atoms with Crippen LogP contribution in [-0.4, -0.2) is 18.0 Å². The molecule has 2 rings (SSSR count). The number of hydrogen-bond donors (Lipinski definition) is 1. The monoisotopic (exact) mass is 404 g/mol. The summed E-state index contributed by atoms with van der Waals surface area (Å²) >= 11 is 8.11. The Bertz CT molecular complexity index is 564. The molecular weight excluding hydrogens is 396 g/mol. The summed E-state index contributed by atoms with van der Waals surface area (Å²) in [5, 5.41) is 2.84. The fourth-order valence-electron chi connectivity index (χ4n) is 1.36. The van der Waals surface area contributed by atoms with Gasteiger partial charge in [-0.2, -0.15) is 0 Å². The minimum Gasteiger partial charge on any atom is -0.481 e. The van der Waals surface area contributed by atoms with Gasteiger partial charge in [0.25, 0.3) is 5.91 Å². The molecular formula is C12H10Br2N2O2S. The molecule has 2 aromatic heterocycles. The maximum Gasteiger partial charge on any atom is 0.261 e. The number of carbonyl (C=O) groups is 1. The average molecular weight is 406 g/mol. The molecule has 0 saturated carbocycles. The Labute approximate surface area is 131 Å². The Morgan fingerprint density at radius 2 is 2.26 bits per heavy atom. The van der Waals surface area contributed by atoms with Gasteiger partial charge in [0.15, 0.2) is 0 Å². The lowest BCUT2D eigenvalue weighted by molar-refractivity contribution is 0.0955. The number of halogens is 2. The summed E-state index contributed by atoms with van der Waals surface area (Å²) in [5.74, 6) is 0.452. The maximum absolute atomic E-state index is 11.9. The number of hydrogen-bond acceptors (Lipinski definition) is 4. The van der Waals surface area contributed by atoms with E-state index in [1.807, 2.05) is 6.07 Å². The molecule has 0 fully saturated rings. The highest BCUT2D eigenvalue weighted by atomic mass is 79.9. The second kappa shape index (κ2) is 6.49. The van der Waals surface area contributed by atoms with Gasteiger partial charge in [-0.05, 0) is 43.5 Å². The first-order valence-electron chi connectivity index (χ1n) is 5.32. The van der Waals surface area contributed by atoms with Crippen LogP contribution in [0.3, 0.4) is 0 Å². The van der Waals surface area contributed by atoms with E-state index in [0.717, 1.165) is 13.8 Å². The van der Waals surface area contributed by atoms with Crippen LogP contribution < -0.4 is 10.1 Å². The van der Waals surface area contributed by atoms with Crippen molar-refractivity contribution in [3.05, 3.63) is 43.1 Å². The SMILES string of the molecule is COc1ccc(CNC(=O)c2cc(Br)c(Br)s2)cn1. The van der Waals surface area contributed by atoms with E-state index in [-0.39, 0.29) is 5.91 Å². The fraction of sp³-hybridized carbons (Fsp3) is 0.167. The molecule has 0 atom stereocenters. The number of rotatable bonds is 4. The number of amides is 1. The number of pyridine rings is 1. The predicted octanol–water partition coefficient (Wildman–Crippen LogP) is 3.61. The largest absolute Gasteiger partial charge is 0.481 e. The molecule has 2 heterocycles. The molecule has 19 heavy (non-hydrogen) atoms. The number of nitrogens with one attached hydrogen (secondary N) is 1. The van der Waals surface area contributed by atoms with Crippen LogP contribution in [0.25, 0.3) is 0 Å². The molecule has 1 amide bonds. The van der Waals surface area contributed by atoms with Crippen molar-refractivity contribution in [3.8, 4) is 5.88 Å². The van der Waals surface area contributed by atoms with Crippen LogP contribution in [-0.2, 0) is 6.54 Å². The summed E-state index contributed by atoms with van der Waals surface area (Å²) in [6, 6.07) is 5.42. The van der Waals surface area contributed by atoms with E-state index in [1.165, 1.54) is 11.3 Å². The summed E-state index contributed by atoms with van der Waals surface area (Å²) in [5.41, 5.74) is 0.920. The quantitative estimate of drug-likeness (QED) is 0.845. The van der Waals surface area contributed by atoms with E-state index in [9.17, 15) is 4.79 Å². The zero-order chi connectivity index (χ0) is 13.8. The Balaban J connectivity index is 1.96. The van der Waals surface area contributed by atoms with E-state index in [4.69, 9.17) is 4.74 Å². The number of ether oxygens (including phenoxy) is 1. The molecule has 1 N–H and O–H groups in total. The number of aromatic nitrogens is 1. The molecule has 100 valence electrons. The van der Waals surface area contributed by atoms with Gasteiger partial charge in [-0.25, -0.2) is 4.98 Å². The van der Waals surface area contributed by atoms with Gasteiger partial charge in [-0.3, -0.25) is 4.79 Å². The van der Waals surface area contributed by atoms with Gasteiger partial charge in [-0.1, -0.05) is 6.07 Å². The summed E-state index contributed by atoms with van der Waals surface area (Å²) in [7, 11) is 1.57. The first-order valence-corrected chi connectivity index (χ1v) is 7.72. The lowest BCUT2D eigenvalue weighted by Gasteiger charge is -2.04.